The molecule has 0 saturated carbocycles. The van der Waals surface area contributed by atoms with Gasteiger partial charge in [0.2, 0.25) is 9.03 Å². The predicted octanol–water partition coefficient (Wildman–Crippen LogP) is 7.71. The van der Waals surface area contributed by atoms with Crippen molar-refractivity contribution in [1.82, 2.24) is 0 Å². The van der Waals surface area contributed by atoms with Gasteiger partial charge in [0.15, 0.2) is 0 Å². The zero-order valence-corrected chi connectivity index (χ0v) is 17.8. The van der Waals surface area contributed by atoms with Gasteiger partial charge in [0.25, 0.3) is 0 Å². The third kappa shape index (κ3) is 7.27. The average Bonchev–Trinajstić information content (AvgIpc) is 2.63. The predicted molar refractivity (Wildman–Crippen MR) is 112 cm³/mol. The molecule has 0 aromatic heterocycles. The van der Waals surface area contributed by atoms with Crippen molar-refractivity contribution in [2.75, 3.05) is 0 Å². The lowest BCUT2D eigenvalue weighted by atomic mass is 9.80. The summed E-state index contributed by atoms with van der Waals surface area (Å²) in [5.41, 5.74) is 2.85. The monoisotopic (exact) mass is 366 g/mol. The zero-order valence-electron chi connectivity index (χ0n) is 16.8. The molecule has 1 aromatic rings. The molecular weight excluding hydrogens is 327 g/mol. The number of unbranched alkanes of at least 4 members (excludes halogenated alkanes) is 4. The summed E-state index contributed by atoms with van der Waals surface area (Å²) in [6, 6.07) is 6.46. The molecule has 3 atom stereocenters. The van der Waals surface area contributed by atoms with E-state index in [4.69, 9.17) is 4.52 Å². The molecule has 2 nitrogen and oxygen atoms in total. The first-order chi connectivity index (χ1) is 12.2. The lowest BCUT2D eigenvalue weighted by Crippen LogP contribution is -2.09. The summed E-state index contributed by atoms with van der Waals surface area (Å²) >= 11 is 0. The van der Waals surface area contributed by atoms with Crippen LogP contribution >= 0.6 is 9.03 Å². The van der Waals surface area contributed by atoms with Crippen molar-refractivity contribution < 1.29 is 9.42 Å². The molecule has 0 spiro atoms. The van der Waals surface area contributed by atoms with E-state index >= 15 is 0 Å². The van der Waals surface area contributed by atoms with E-state index in [-0.39, 0.29) is 0 Å². The number of hydrogen-bond donors (Lipinski definition) is 1. The number of hydrogen-bond acceptors (Lipinski definition) is 2. The normalized spacial score (nSPS) is 14.1. The minimum Gasteiger partial charge on any atom is -0.450 e. The van der Waals surface area contributed by atoms with Gasteiger partial charge in [0.05, 0.1) is 0 Å². The van der Waals surface area contributed by atoms with E-state index in [1.54, 1.807) is 0 Å². The topological polar surface area (TPSA) is 29.5 Å². The van der Waals surface area contributed by atoms with Crippen LogP contribution < -0.4 is 4.52 Å². The van der Waals surface area contributed by atoms with Crippen LogP contribution in [0.4, 0.5) is 0 Å². The molecular formula is C22H39O2P. The van der Waals surface area contributed by atoms with Crippen molar-refractivity contribution in [2.45, 2.75) is 104 Å². The lowest BCUT2D eigenvalue weighted by Gasteiger charge is -2.26. The van der Waals surface area contributed by atoms with E-state index in [0.29, 0.717) is 11.8 Å². The molecule has 3 unspecified atom stereocenters. The molecule has 0 heterocycles. The summed E-state index contributed by atoms with van der Waals surface area (Å²) in [5.74, 6) is 2.05. The van der Waals surface area contributed by atoms with E-state index in [9.17, 15) is 4.89 Å². The van der Waals surface area contributed by atoms with Gasteiger partial charge in [-0.2, -0.15) is 0 Å². The van der Waals surface area contributed by atoms with E-state index in [2.05, 4.69) is 39.8 Å². The van der Waals surface area contributed by atoms with Crippen molar-refractivity contribution >= 4 is 9.03 Å². The second-order valence-electron chi connectivity index (χ2n) is 7.15. The van der Waals surface area contributed by atoms with Gasteiger partial charge in [-0.1, -0.05) is 78.4 Å². The zero-order chi connectivity index (χ0) is 18.5. The minimum absolute atomic E-state index is 0.480. The van der Waals surface area contributed by atoms with Crippen LogP contribution in [0.1, 0.15) is 115 Å². The minimum atomic E-state index is -0.480. The van der Waals surface area contributed by atoms with Gasteiger partial charge in [-0.05, 0) is 49.1 Å². The van der Waals surface area contributed by atoms with E-state index < -0.39 is 9.03 Å². The highest BCUT2D eigenvalue weighted by Crippen LogP contribution is 2.42. The third-order valence-corrected chi connectivity index (χ3v) is 5.71. The largest absolute Gasteiger partial charge is 0.450 e. The molecule has 25 heavy (non-hydrogen) atoms. The van der Waals surface area contributed by atoms with Crippen LogP contribution in [0.15, 0.2) is 18.2 Å². The Morgan fingerprint density at radius 1 is 0.880 bits per heavy atom. The summed E-state index contributed by atoms with van der Waals surface area (Å²) in [4.78, 5) is 9.38. The molecule has 1 aromatic carbocycles. The molecule has 1 rings (SSSR count). The lowest BCUT2D eigenvalue weighted by molar-refractivity contribution is 0.481. The fourth-order valence-electron chi connectivity index (χ4n) is 3.91. The summed E-state index contributed by atoms with van der Waals surface area (Å²) in [7, 11) is -0.480. The highest BCUT2D eigenvalue weighted by Gasteiger charge is 2.23. The van der Waals surface area contributed by atoms with Gasteiger partial charge < -0.3 is 9.42 Å². The Morgan fingerprint density at radius 2 is 1.48 bits per heavy atom. The van der Waals surface area contributed by atoms with Gasteiger partial charge in [0.1, 0.15) is 5.75 Å². The highest BCUT2D eigenvalue weighted by molar-refractivity contribution is 7.25. The SMILES string of the molecule is CCCCCC(CC)c1cccc(OPO)c1C(CC)CCCCC. The quantitative estimate of drug-likeness (QED) is 0.270. The van der Waals surface area contributed by atoms with E-state index in [1.807, 2.05) is 6.07 Å². The summed E-state index contributed by atoms with van der Waals surface area (Å²) in [5, 5.41) is 0. The van der Waals surface area contributed by atoms with Crippen LogP contribution in [0.5, 0.6) is 5.75 Å². The third-order valence-electron chi connectivity index (χ3n) is 5.40. The highest BCUT2D eigenvalue weighted by atomic mass is 31.1. The molecule has 0 aliphatic rings. The van der Waals surface area contributed by atoms with Crippen molar-refractivity contribution in [1.29, 1.82) is 0 Å². The van der Waals surface area contributed by atoms with Crippen molar-refractivity contribution in [3.8, 4) is 5.75 Å². The van der Waals surface area contributed by atoms with Gasteiger partial charge in [-0.25, -0.2) is 0 Å². The molecule has 1 N–H and O–H groups in total. The standard InChI is InChI=1S/C22H39O2P/c1-5-9-11-14-18(7-3)20-16-13-17-21(24-25-23)22(20)19(8-4)15-12-10-6-2/h13,16-19,23,25H,5-12,14-15H2,1-4H3. The number of benzene rings is 1. The molecule has 0 amide bonds. The number of rotatable bonds is 14. The van der Waals surface area contributed by atoms with Gasteiger partial charge in [0, 0.05) is 5.56 Å². The van der Waals surface area contributed by atoms with Crippen LogP contribution in [-0.4, -0.2) is 4.89 Å². The van der Waals surface area contributed by atoms with Crippen molar-refractivity contribution in [3.63, 3.8) is 0 Å². The van der Waals surface area contributed by atoms with E-state index in [0.717, 1.165) is 12.2 Å². The second-order valence-corrected chi connectivity index (χ2v) is 7.54. The van der Waals surface area contributed by atoms with Crippen LogP contribution in [0.25, 0.3) is 0 Å². The Labute approximate surface area is 157 Å². The van der Waals surface area contributed by atoms with Crippen molar-refractivity contribution in [3.05, 3.63) is 29.3 Å². The van der Waals surface area contributed by atoms with Gasteiger partial charge >= 0.3 is 0 Å². The molecule has 0 bridgehead atoms. The molecule has 3 heteroatoms. The molecule has 0 aliphatic heterocycles. The van der Waals surface area contributed by atoms with Gasteiger partial charge in [-0.15, -0.1) is 0 Å². The van der Waals surface area contributed by atoms with Crippen molar-refractivity contribution in [2.24, 2.45) is 0 Å². The Hall–Kier alpha value is -0.590. The fourth-order valence-corrected chi connectivity index (χ4v) is 4.18. The maximum atomic E-state index is 9.38. The maximum absolute atomic E-state index is 9.38. The van der Waals surface area contributed by atoms with Crippen LogP contribution in [-0.2, 0) is 0 Å². The smallest absolute Gasteiger partial charge is 0.212 e. The van der Waals surface area contributed by atoms with Crippen LogP contribution in [0.3, 0.4) is 0 Å². The average molecular weight is 367 g/mol. The van der Waals surface area contributed by atoms with Crippen LogP contribution in [0, 0.1) is 0 Å². The maximum Gasteiger partial charge on any atom is 0.212 e. The first kappa shape index (κ1) is 22.5. The van der Waals surface area contributed by atoms with Crippen LogP contribution in [0.2, 0.25) is 0 Å². The second kappa shape index (κ2) is 13.6. The Bertz CT molecular complexity index is 461. The Kier molecular flexibility index (Phi) is 12.2. The summed E-state index contributed by atoms with van der Waals surface area (Å²) < 4.78 is 5.67. The first-order valence-electron chi connectivity index (χ1n) is 10.4. The molecule has 0 radical (unpaired) electrons. The summed E-state index contributed by atoms with van der Waals surface area (Å²) in [6.45, 7) is 9.12. The fraction of sp³-hybridized carbons (Fsp3) is 0.727. The Balaban J connectivity index is 3.14. The van der Waals surface area contributed by atoms with E-state index in [1.165, 1.54) is 68.9 Å². The summed E-state index contributed by atoms with van der Waals surface area (Å²) in [6.07, 6.45) is 12.5. The molecule has 0 fully saturated rings. The molecule has 0 saturated heterocycles. The first-order valence-corrected chi connectivity index (χ1v) is 11.3. The molecule has 0 aliphatic carbocycles. The van der Waals surface area contributed by atoms with Gasteiger partial charge in [-0.3, -0.25) is 0 Å². The molecule has 144 valence electrons. The Morgan fingerprint density at radius 3 is 2.00 bits per heavy atom.